The highest BCUT2D eigenvalue weighted by atomic mass is 19.4. The van der Waals surface area contributed by atoms with Gasteiger partial charge in [-0.1, -0.05) is 59.1 Å². The molecule has 0 aliphatic carbocycles. The van der Waals surface area contributed by atoms with E-state index in [9.17, 15) is 13.2 Å². The zero-order valence-corrected chi connectivity index (χ0v) is 13.1. The molecule has 1 aromatic carbocycles. The minimum absolute atomic E-state index is 0.400. The lowest BCUT2D eigenvalue weighted by molar-refractivity contribution is -0.137. The first-order valence-corrected chi connectivity index (χ1v) is 7.66. The van der Waals surface area contributed by atoms with Crippen molar-refractivity contribution < 1.29 is 13.2 Å². The fraction of sp³-hybridized carbons (Fsp3) is 0.647. The Labute approximate surface area is 121 Å². The van der Waals surface area contributed by atoms with Gasteiger partial charge in [-0.25, -0.2) is 0 Å². The van der Waals surface area contributed by atoms with Crippen LogP contribution in [0.1, 0.15) is 76.8 Å². The molecule has 3 heteroatoms. The Morgan fingerprint density at radius 1 is 0.900 bits per heavy atom. The van der Waals surface area contributed by atoms with E-state index in [1.54, 1.807) is 12.1 Å². The second kappa shape index (κ2) is 9.84. The van der Waals surface area contributed by atoms with Crippen LogP contribution in [-0.4, -0.2) is 0 Å². The smallest absolute Gasteiger partial charge is 0.166 e. The van der Waals surface area contributed by atoms with Crippen molar-refractivity contribution in [3.8, 4) is 0 Å². The standard InChI is InChI=1S/C15H21F3.C2H6/c1-3-5-7-12(6-4-2)13-8-10-14(11-9-13)15(16,17)18;1-2/h8-12H,3-7H2,1-2H3;1-2H3. The molecule has 0 spiro atoms. The topological polar surface area (TPSA) is 0 Å². The second-order valence-corrected chi connectivity index (χ2v) is 4.75. The Morgan fingerprint density at radius 3 is 1.85 bits per heavy atom. The van der Waals surface area contributed by atoms with Gasteiger partial charge in [0.25, 0.3) is 0 Å². The Morgan fingerprint density at radius 2 is 1.45 bits per heavy atom. The predicted molar refractivity (Wildman–Crippen MR) is 80.0 cm³/mol. The molecule has 0 saturated carbocycles. The molecule has 0 bridgehead atoms. The zero-order chi connectivity index (χ0) is 15.6. The van der Waals surface area contributed by atoms with Gasteiger partial charge in [0, 0.05) is 0 Å². The SMILES string of the molecule is CC.CCCCC(CCC)c1ccc(C(F)(F)F)cc1. The lowest BCUT2D eigenvalue weighted by Crippen LogP contribution is -2.05. The molecule has 1 rings (SSSR count). The number of halogens is 3. The van der Waals surface area contributed by atoms with Crippen LogP contribution in [0.25, 0.3) is 0 Å². The van der Waals surface area contributed by atoms with E-state index in [0.717, 1.165) is 37.7 Å². The summed E-state index contributed by atoms with van der Waals surface area (Å²) in [5, 5.41) is 0. The summed E-state index contributed by atoms with van der Waals surface area (Å²) in [6, 6.07) is 5.67. The zero-order valence-electron chi connectivity index (χ0n) is 13.1. The van der Waals surface area contributed by atoms with E-state index in [1.165, 1.54) is 12.1 Å². The summed E-state index contributed by atoms with van der Waals surface area (Å²) < 4.78 is 37.4. The minimum Gasteiger partial charge on any atom is -0.166 e. The number of benzene rings is 1. The molecule has 0 radical (unpaired) electrons. The summed E-state index contributed by atoms with van der Waals surface area (Å²) >= 11 is 0. The van der Waals surface area contributed by atoms with Gasteiger partial charge >= 0.3 is 6.18 Å². The van der Waals surface area contributed by atoms with Gasteiger partial charge in [0.1, 0.15) is 0 Å². The number of unbranched alkanes of at least 4 members (excludes halogenated alkanes) is 1. The summed E-state index contributed by atoms with van der Waals surface area (Å²) in [5.41, 5.74) is 0.482. The van der Waals surface area contributed by atoms with Crippen LogP contribution >= 0.6 is 0 Å². The van der Waals surface area contributed by atoms with Crippen molar-refractivity contribution in [1.82, 2.24) is 0 Å². The van der Waals surface area contributed by atoms with Crippen LogP contribution in [0.5, 0.6) is 0 Å². The molecule has 1 atom stereocenters. The van der Waals surface area contributed by atoms with Crippen LogP contribution in [0.15, 0.2) is 24.3 Å². The third-order valence-electron chi connectivity index (χ3n) is 3.25. The number of hydrogen-bond donors (Lipinski definition) is 0. The Bertz CT molecular complexity index is 338. The first-order valence-electron chi connectivity index (χ1n) is 7.66. The Balaban J connectivity index is 0.00000172. The fourth-order valence-electron chi connectivity index (χ4n) is 2.22. The summed E-state index contributed by atoms with van der Waals surface area (Å²) in [4.78, 5) is 0. The largest absolute Gasteiger partial charge is 0.416 e. The predicted octanol–water partition coefficient (Wildman–Crippen LogP) is 6.81. The molecule has 0 aliphatic heterocycles. The van der Waals surface area contributed by atoms with Gasteiger partial charge in [0.2, 0.25) is 0 Å². The summed E-state index contributed by atoms with van der Waals surface area (Å²) in [5.74, 6) is 0.400. The number of hydrogen-bond acceptors (Lipinski definition) is 0. The molecule has 20 heavy (non-hydrogen) atoms. The van der Waals surface area contributed by atoms with E-state index < -0.39 is 11.7 Å². The first-order chi connectivity index (χ1) is 9.49. The molecule has 0 aliphatic rings. The van der Waals surface area contributed by atoms with Crippen molar-refractivity contribution in [3.63, 3.8) is 0 Å². The highest BCUT2D eigenvalue weighted by Gasteiger charge is 2.30. The van der Waals surface area contributed by atoms with E-state index in [-0.39, 0.29) is 0 Å². The molecule has 0 saturated heterocycles. The van der Waals surface area contributed by atoms with Crippen molar-refractivity contribution >= 4 is 0 Å². The first kappa shape index (κ1) is 19.0. The van der Waals surface area contributed by atoms with Gasteiger partial charge in [-0.3, -0.25) is 0 Å². The summed E-state index contributed by atoms with van der Waals surface area (Å²) in [7, 11) is 0. The van der Waals surface area contributed by atoms with Gasteiger partial charge in [-0.2, -0.15) is 13.2 Å². The molecule has 0 heterocycles. The molecule has 0 aromatic heterocycles. The Kier molecular flexibility index (Phi) is 9.35. The maximum absolute atomic E-state index is 12.5. The molecular formula is C17H27F3. The van der Waals surface area contributed by atoms with Gasteiger partial charge in [0.05, 0.1) is 5.56 Å². The van der Waals surface area contributed by atoms with Crippen LogP contribution in [0, 0.1) is 0 Å². The monoisotopic (exact) mass is 288 g/mol. The molecule has 1 aromatic rings. The highest BCUT2D eigenvalue weighted by molar-refractivity contribution is 5.27. The van der Waals surface area contributed by atoms with Crippen LogP contribution in [0.2, 0.25) is 0 Å². The minimum atomic E-state index is -4.23. The van der Waals surface area contributed by atoms with E-state index in [0.29, 0.717) is 5.92 Å². The molecule has 0 nitrogen and oxygen atoms in total. The van der Waals surface area contributed by atoms with Gasteiger partial charge in [-0.15, -0.1) is 0 Å². The fourth-order valence-corrected chi connectivity index (χ4v) is 2.22. The molecule has 1 unspecified atom stereocenters. The summed E-state index contributed by atoms with van der Waals surface area (Å²) in [6.45, 7) is 8.25. The lowest BCUT2D eigenvalue weighted by atomic mass is 9.89. The third-order valence-corrected chi connectivity index (χ3v) is 3.25. The van der Waals surface area contributed by atoms with Gasteiger partial charge < -0.3 is 0 Å². The summed E-state index contributed by atoms with van der Waals surface area (Å²) in [6.07, 6.45) is 1.20. The normalized spacial score (nSPS) is 12.6. The van der Waals surface area contributed by atoms with E-state index in [4.69, 9.17) is 0 Å². The lowest BCUT2D eigenvalue weighted by Gasteiger charge is -2.17. The molecule has 0 fully saturated rings. The maximum Gasteiger partial charge on any atom is 0.416 e. The van der Waals surface area contributed by atoms with Crippen molar-refractivity contribution in [1.29, 1.82) is 0 Å². The average molecular weight is 288 g/mol. The van der Waals surface area contributed by atoms with Crippen molar-refractivity contribution in [2.45, 2.75) is 71.9 Å². The van der Waals surface area contributed by atoms with E-state index >= 15 is 0 Å². The van der Waals surface area contributed by atoms with E-state index in [1.807, 2.05) is 13.8 Å². The van der Waals surface area contributed by atoms with Crippen LogP contribution < -0.4 is 0 Å². The van der Waals surface area contributed by atoms with Crippen LogP contribution in [0.4, 0.5) is 13.2 Å². The van der Waals surface area contributed by atoms with Crippen molar-refractivity contribution in [2.75, 3.05) is 0 Å². The van der Waals surface area contributed by atoms with Crippen molar-refractivity contribution in [2.24, 2.45) is 0 Å². The van der Waals surface area contributed by atoms with E-state index in [2.05, 4.69) is 13.8 Å². The highest BCUT2D eigenvalue weighted by Crippen LogP contribution is 2.32. The maximum atomic E-state index is 12.5. The third kappa shape index (κ3) is 6.44. The van der Waals surface area contributed by atoms with Gasteiger partial charge in [0.15, 0.2) is 0 Å². The second-order valence-electron chi connectivity index (χ2n) is 4.75. The quantitative estimate of drug-likeness (QED) is 0.539. The Hall–Kier alpha value is -0.990. The van der Waals surface area contributed by atoms with Gasteiger partial charge in [-0.05, 0) is 36.5 Å². The number of rotatable bonds is 6. The average Bonchev–Trinajstić information content (AvgIpc) is 2.45. The van der Waals surface area contributed by atoms with Crippen LogP contribution in [0.3, 0.4) is 0 Å². The molecular weight excluding hydrogens is 261 g/mol. The molecule has 0 N–H and O–H groups in total. The van der Waals surface area contributed by atoms with Crippen molar-refractivity contribution in [3.05, 3.63) is 35.4 Å². The molecule has 0 amide bonds. The van der Waals surface area contributed by atoms with Crippen LogP contribution in [-0.2, 0) is 6.18 Å². The number of alkyl halides is 3. The molecule has 116 valence electrons.